The molecule has 2 aliphatic rings. The van der Waals surface area contributed by atoms with Gasteiger partial charge in [0, 0.05) is 18.6 Å². The van der Waals surface area contributed by atoms with Gasteiger partial charge in [-0.05, 0) is 44.4 Å². The largest absolute Gasteiger partial charge is 0.334 e. The number of benzene rings is 1. The Morgan fingerprint density at radius 3 is 2.50 bits per heavy atom. The number of rotatable bonds is 4. The van der Waals surface area contributed by atoms with E-state index in [1.165, 1.54) is 6.42 Å². The van der Waals surface area contributed by atoms with Gasteiger partial charge in [-0.15, -0.1) is 0 Å². The summed E-state index contributed by atoms with van der Waals surface area (Å²) in [7, 11) is 0. The predicted molar refractivity (Wildman–Crippen MR) is 81.5 cm³/mol. The molecule has 1 heterocycles. The summed E-state index contributed by atoms with van der Waals surface area (Å²) < 4.78 is 0. The lowest BCUT2D eigenvalue weighted by atomic mass is 10.1. The molecule has 0 radical (unpaired) electrons. The molecule has 1 aromatic rings. The van der Waals surface area contributed by atoms with E-state index in [2.05, 4.69) is 5.32 Å². The Bertz CT molecular complexity index is 490. The van der Waals surface area contributed by atoms with E-state index >= 15 is 0 Å². The highest BCUT2D eigenvalue weighted by Gasteiger charge is 2.36. The molecule has 1 saturated carbocycles. The molecule has 1 saturated heterocycles. The molecule has 5 heteroatoms. The monoisotopic (exact) mass is 312 g/mol. The van der Waals surface area contributed by atoms with Crippen molar-refractivity contribution in [3.63, 3.8) is 0 Å². The first kappa shape index (κ1) is 14.2. The van der Waals surface area contributed by atoms with Gasteiger partial charge in [0.1, 0.15) is 0 Å². The summed E-state index contributed by atoms with van der Waals surface area (Å²) >= 11 is 12.3. The van der Waals surface area contributed by atoms with Crippen molar-refractivity contribution in [2.75, 3.05) is 13.1 Å². The zero-order chi connectivity index (χ0) is 14.1. The molecule has 1 aromatic carbocycles. The fourth-order valence-corrected chi connectivity index (χ4v) is 3.34. The average Bonchev–Trinajstić information content (AvgIpc) is 3.12. The van der Waals surface area contributed by atoms with Crippen molar-refractivity contribution < 1.29 is 4.79 Å². The number of carbonyl (C=O) groups excluding carboxylic acids is 1. The number of nitrogens with zero attached hydrogens (tertiary/aromatic N) is 1. The van der Waals surface area contributed by atoms with Gasteiger partial charge in [0.2, 0.25) is 0 Å². The Hall–Kier alpha value is -0.770. The molecular weight excluding hydrogens is 295 g/mol. The van der Waals surface area contributed by atoms with Crippen LogP contribution in [0.15, 0.2) is 18.2 Å². The summed E-state index contributed by atoms with van der Waals surface area (Å²) in [5, 5.41) is 4.32. The van der Waals surface area contributed by atoms with Crippen molar-refractivity contribution in [2.45, 2.75) is 37.8 Å². The first-order chi connectivity index (χ1) is 9.66. The molecule has 0 aromatic heterocycles. The molecule has 0 bridgehead atoms. The normalized spacial score (nSPS) is 22.0. The summed E-state index contributed by atoms with van der Waals surface area (Å²) in [6.45, 7) is 1.80. The maximum Gasteiger partial charge on any atom is 0.257 e. The number of nitrogens with one attached hydrogen (secondary N) is 1. The summed E-state index contributed by atoms with van der Waals surface area (Å²) in [4.78, 5) is 14.7. The number of amides is 1. The van der Waals surface area contributed by atoms with Crippen LogP contribution in [0.1, 0.15) is 36.0 Å². The summed E-state index contributed by atoms with van der Waals surface area (Å²) in [6.07, 6.45) is 4.48. The molecule has 1 aliphatic carbocycles. The molecule has 3 nitrogen and oxygen atoms in total. The number of hydrogen-bond donors (Lipinski definition) is 1. The highest BCUT2D eigenvalue weighted by Crippen LogP contribution is 2.32. The second-order valence-electron chi connectivity index (χ2n) is 5.58. The van der Waals surface area contributed by atoms with Crippen LogP contribution in [0.25, 0.3) is 0 Å². The van der Waals surface area contributed by atoms with E-state index in [1.807, 2.05) is 4.90 Å². The minimum absolute atomic E-state index is 0.0307. The Morgan fingerprint density at radius 1 is 1.25 bits per heavy atom. The highest BCUT2D eigenvalue weighted by atomic mass is 35.5. The third kappa shape index (κ3) is 2.95. The van der Waals surface area contributed by atoms with Gasteiger partial charge in [0.05, 0.1) is 15.6 Å². The molecule has 1 amide bonds. The molecule has 108 valence electrons. The van der Waals surface area contributed by atoms with Crippen LogP contribution in [0.2, 0.25) is 10.0 Å². The minimum Gasteiger partial charge on any atom is -0.334 e. The minimum atomic E-state index is -0.0307. The second kappa shape index (κ2) is 5.92. The second-order valence-corrected chi connectivity index (χ2v) is 6.39. The maximum absolute atomic E-state index is 12.8. The van der Waals surface area contributed by atoms with Gasteiger partial charge < -0.3 is 10.2 Å². The first-order valence-electron chi connectivity index (χ1n) is 7.15. The summed E-state index contributed by atoms with van der Waals surface area (Å²) in [5.74, 6) is -0.0307. The molecule has 2 fully saturated rings. The predicted octanol–water partition coefficient (Wildman–Crippen LogP) is 3.35. The van der Waals surface area contributed by atoms with E-state index in [0.29, 0.717) is 27.7 Å². The molecule has 0 spiro atoms. The van der Waals surface area contributed by atoms with Crippen molar-refractivity contribution in [1.29, 1.82) is 0 Å². The Balaban J connectivity index is 1.81. The van der Waals surface area contributed by atoms with Gasteiger partial charge in [-0.3, -0.25) is 4.79 Å². The van der Waals surface area contributed by atoms with Crippen molar-refractivity contribution in [3.05, 3.63) is 33.8 Å². The molecule has 1 N–H and O–H groups in total. The number of halogens is 2. The smallest absolute Gasteiger partial charge is 0.257 e. The topological polar surface area (TPSA) is 32.3 Å². The quantitative estimate of drug-likeness (QED) is 0.924. The fraction of sp³-hybridized carbons (Fsp3) is 0.533. The third-order valence-corrected chi connectivity index (χ3v) is 4.63. The van der Waals surface area contributed by atoms with E-state index in [-0.39, 0.29) is 5.91 Å². The van der Waals surface area contributed by atoms with Crippen LogP contribution in [0.3, 0.4) is 0 Å². The van der Waals surface area contributed by atoms with E-state index in [1.54, 1.807) is 18.2 Å². The molecule has 20 heavy (non-hydrogen) atoms. The average molecular weight is 313 g/mol. The summed E-state index contributed by atoms with van der Waals surface area (Å²) in [6, 6.07) is 5.97. The third-order valence-electron chi connectivity index (χ3n) is 4.00. The van der Waals surface area contributed by atoms with Crippen LogP contribution in [-0.4, -0.2) is 36.0 Å². The fourth-order valence-electron chi connectivity index (χ4n) is 2.78. The Labute approximate surface area is 129 Å². The molecular formula is C15H18Cl2N2O. The van der Waals surface area contributed by atoms with Crippen LogP contribution in [0.5, 0.6) is 0 Å². The van der Waals surface area contributed by atoms with Crippen molar-refractivity contribution in [1.82, 2.24) is 10.2 Å². The van der Waals surface area contributed by atoms with Crippen molar-refractivity contribution >= 4 is 29.1 Å². The SMILES string of the molecule is O=C(c1c(Cl)cccc1Cl)N(CC1CCCN1)C1CC1. The van der Waals surface area contributed by atoms with E-state index in [4.69, 9.17) is 23.2 Å². The van der Waals surface area contributed by atoms with E-state index < -0.39 is 0 Å². The van der Waals surface area contributed by atoms with Crippen LogP contribution in [-0.2, 0) is 0 Å². The lowest BCUT2D eigenvalue weighted by Crippen LogP contribution is -2.42. The molecule has 1 unspecified atom stereocenters. The van der Waals surface area contributed by atoms with Crippen LogP contribution in [0.4, 0.5) is 0 Å². The van der Waals surface area contributed by atoms with Crippen LogP contribution in [0, 0.1) is 0 Å². The standard InChI is InChI=1S/C15H18Cl2N2O/c16-12-4-1-5-13(17)14(12)15(20)19(11-6-7-11)9-10-3-2-8-18-10/h1,4-5,10-11,18H,2-3,6-9H2. The van der Waals surface area contributed by atoms with Crippen molar-refractivity contribution in [2.24, 2.45) is 0 Å². The molecule has 3 rings (SSSR count). The highest BCUT2D eigenvalue weighted by molar-refractivity contribution is 6.39. The molecule has 1 atom stereocenters. The van der Waals surface area contributed by atoms with Gasteiger partial charge >= 0.3 is 0 Å². The first-order valence-corrected chi connectivity index (χ1v) is 7.91. The zero-order valence-electron chi connectivity index (χ0n) is 11.2. The van der Waals surface area contributed by atoms with Crippen LogP contribution >= 0.6 is 23.2 Å². The Morgan fingerprint density at radius 2 is 1.95 bits per heavy atom. The zero-order valence-corrected chi connectivity index (χ0v) is 12.8. The number of hydrogen-bond acceptors (Lipinski definition) is 2. The van der Waals surface area contributed by atoms with E-state index in [0.717, 1.165) is 32.4 Å². The van der Waals surface area contributed by atoms with Crippen molar-refractivity contribution in [3.8, 4) is 0 Å². The van der Waals surface area contributed by atoms with Gasteiger partial charge in [-0.2, -0.15) is 0 Å². The number of carbonyl (C=O) groups is 1. The van der Waals surface area contributed by atoms with Crippen LogP contribution < -0.4 is 5.32 Å². The van der Waals surface area contributed by atoms with Gasteiger partial charge in [0.15, 0.2) is 0 Å². The van der Waals surface area contributed by atoms with Gasteiger partial charge in [-0.25, -0.2) is 0 Å². The lowest BCUT2D eigenvalue weighted by molar-refractivity contribution is 0.0729. The summed E-state index contributed by atoms with van der Waals surface area (Å²) in [5.41, 5.74) is 0.445. The van der Waals surface area contributed by atoms with Gasteiger partial charge in [0.25, 0.3) is 5.91 Å². The lowest BCUT2D eigenvalue weighted by Gasteiger charge is -2.26. The molecule has 1 aliphatic heterocycles. The van der Waals surface area contributed by atoms with E-state index in [9.17, 15) is 4.79 Å². The maximum atomic E-state index is 12.8. The Kier molecular flexibility index (Phi) is 4.20. The van der Waals surface area contributed by atoms with Gasteiger partial charge in [-0.1, -0.05) is 29.3 Å².